The maximum atomic E-state index is 14.6. The molecule has 46 heavy (non-hydrogen) atoms. The Morgan fingerprint density at radius 1 is 1.09 bits per heavy atom. The summed E-state index contributed by atoms with van der Waals surface area (Å²) < 4.78 is 77.2. The summed E-state index contributed by atoms with van der Waals surface area (Å²) in [7, 11) is -2.98. The fourth-order valence-electron chi connectivity index (χ4n) is 5.15. The van der Waals surface area contributed by atoms with Crippen LogP contribution in [0.25, 0.3) is 0 Å². The first-order valence-corrected chi connectivity index (χ1v) is 16.1. The number of aliphatic hydroxyl groups is 1. The second kappa shape index (κ2) is 14.8. The number of rotatable bonds is 14. The molecule has 3 aromatic carbocycles. The summed E-state index contributed by atoms with van der Waals surface area (Å²) in [5, 5.41) is 11.9. The SMILES string of the molecule is COc1ccc([C@H](C)N(CC(=O)N(c2cccc(F)c2)[C@H](C(=O)NC2CC(F)(F)C2)c2ccccc2Cl)S(=O)(=O)NCCO)cc1. The molecule has 4 rings (SSSR count). The van der Waals surface area contributed by atoms with Crippen LogP contribution in [-0.4, -0.2) is 68.4 Å². The van der Waals surface area contributed by atoms with Gasteiger partial charge < -0.3 is 15.2 Å². The Morgan fingerprint density at radius 3 is 2.35 bits per heavy atom. The van der Waals surface area contributed by atoms with Crippen LogP contribution in [0.15, 0.2) is 72.8 Å². The Bertz CT molecular complexity index is 1640. The number of ether oxygens (including phenoxy) is 1. The molecule has 1 aliphatic rings. The van der Waals surface area contributed by atoms with Crippen LogP contribution in [0, 0.1) is 5.82 Å². The van der Waals surface area contributed by atoms with E-state index in [4.69, 9.17) is 16.3 Å². The van der Waals surface area contributed by atoms with E-state index in [9.17, 15) is 36.3 Å². The number of anilines is 1. The Kier molecular flexibility index (Phi) is 11.3. The zero-order valence-corrected chi connectivity index (χ0v) is 26.6. The molecule has 1 saturated carbocycles. The molecule has 15 heteroatoms. The molecule has 1 aliphatic carbocycles. The van der Waals surface area contributed by atoms with Crippen LogP contribution in [0.2, 0.25) is 5.02 Å². The fourth-order valence-corrected chi connectivity index (χ4v) is 6.72. The zero-order chi connectivity index (χ0) is 33.6. The standard InChI is InChI=1S/C31H34ClF3N4O6S/c1-20(21-10-12-25(45-2)13-11-21)38(46(43,44)36-14-15-40)19-28(41)39(24-7-5-6-22(33)16-24)29(26-8-3-4-9-27(26)32)30(42)37-23-17-31(34,35)18-23/h3-13,16,20,23,29,36,40H,14-15,17-19H2,1-2H3,(H,37,42)/t20-,29-/m0/s1. The molecule has 0 spiro atoms. The lowest BCUT2D eigenvalue weighted by Crippen LogP contribution is -2.55. The molecular formula is C31H34ClF3N4O6S. The minimum absolute atomic E-state index is 0.0523. The van der Waals surface area contributed by atoms with Crippen molar-refractivity contribution >= 4 is 39.3 Å². The summed E-state index contributed by atoms with van der Waals surface area (Å²) in [6.07, 6.45) is -1.21. The van der Waals surface area contributed by atoms with E-state index < -0.39 is 77.9 Å². The first-order chi connectivity index (χ1) is 21.8. The van der Waals surface area contributed by atoms with Crippen molar-refractivity contribution in [3.8, 4) is 5.75 Å². The number of benzene rings is 3. The van der Waals surface area contributed by atoms with E-state index in [0.29, 0.717) is 11.3 Å². The number of aliphatic hydroxyl groups excluding tert-OH is 1. The van der Waals surface area contributed by atoms with Crippen molar-refractivity contribution in [1.29, 1.82) is 0 Å². The molecule has 0 saturated heterocycles. The quantitative estimate of drug-likeness (QED) is 0.232. The van der Waals surface area contributed by atoms with Gasteiger partial charge in [-0.05, 0) is 48.9 Å². The maximum Gasteiger partial charge on any atom is 0.280 e. The van der Waals surface area contributed by atoms with Crippen LogP contribution in [-0.2, 0) is 19.8 Å². The third kappa shape index (κ3) is 8.36. The van der Waals surface area contributed by atoms with E-state index in [0.717, 1.165) is 21.3 Å². The summed E-state index contributed by atoms with van der Waals surface area (Å²) >= 11 is 6.49. The average molecular weight is 683 g/mol. The molecule has 0 radical (unpaired) electrons. The summed E-state index contributed by atoms with van der Waals surface area (Å²) in [6, 6.07) is 13.8. The number of carbonyl (C=O) groups excluding carboxylic acids is 2. The van der Waals surface area contributed by atoms with Gasteiger partial charge in [-0.15, -0.1) is 0 Å². The highest BCUT2D eigenvalue weighted by molar-refractivity contribution is 7.87. The Balaban J connectivity index is 1.80. The number of amides is 2. The molecule has 2 atom stereocenters. The number of methoxy groups -OCH3 is 1. The summed E-state index contributed by atoms with van der Waals surface area (Å²) in [5.41, 5.74) is 0.467. The van der Waals surface area contributed by atoms with Gasteiger partial charge in [0.05, 0.1) is 20.3 Å². The van der Waals surface area contributed by atoms with E-state index in [1.165, 1.54) is 38.3 Å². The van der Waals surface area contributed by atoms with Gasteiger partial charge in [0.1, 0.15) is 17.6 Å². The van der Waals surface area contributed by atoms with Gasteiger partial charge >= 0.3 is 0 Å². The van der Waals surface area contributed by atoms with Crippen molar-refractivity contribution in [2.75, 3.05) is 31.7 Å². The first kappa shape index (κ1) is 35.2. The predicted octanol–water partition coefficient (Wildman–Crippen LogP) is 4.37. The second-order valence-electron chi connectivity index (χ2n) is 10.8. The molecule has 3 aromatic rings. The predicted molar refractivity (Wildman–Crippen MR) is 166 cm³/mol. The molecule has 10 nitrogen and oxygen atoms in total. The van der Waals surface area contributed by atoms with Gasteiger partial charge in [0, 0.05) is 47.7 Å². The van der Waals surface area contributed by atoms with Crippen molar-refractivity contribution in [3.05, 3.63) is 94.8 Å². The normalized spacial score (nSPS) is 15.9. The van der Waals surface area contributed by atoms with Gasteiger partial charge in [0.25, 0.3) is 16.1 Å². The topological polar surface area (TPSA) is 128 Å². The van der Waals surface area contributed by atoms with Gasteiger partial charge in [-0.2, -0.15) is 17.4 Å². The van der Waals surface area contributed by atoms with E-state index in [2.05, 4.69) is 10.0 Å². The average Bonchev–Trinajstić information content (AvgIpc) is 3.00. The number of alkyl halides is 2. The molecule has 1 fully saturated rings. The molecule has 0 unspecified atom stereocenters. The first-order valence-electron chi connectivity index (χ1n) is 14.3. The molecule has 3 N–H and O–H groups in total. The number of nitrogens with one attached hydrogen (secondary N) is 2. The molecule has 0 aliphatic heterocycles. The lowest BCUT2D eigenvalue weighted by Gasteiger charge is -2.39. The lowest BCUT2D eigenvalue weighted by atomic mass is 9.87. The van der Waals surface area contributed by atoms with Crippen LogP contribution in [0.4, 0.5) is 18.9 Å². The third-order valence-electron chi connectivity index (χ3n) is 7.52. The van der Waals surface area contributed by atoms with E-state index in [1.807, 2.05) is 0 Å². The number of carbonyl (C=O) groups is 2. The Morgan fingerprint density at radius 2 is 1.76 bits per heavy atom. The highest BCUT2D eigenvalue weighted by Crippen LogP contribution is 2.39. The zero-order valence-electron chi connectivity index (χ0n) is 25.0. The van der Waals surface area contributed by atoms with Crippen LogP contribution in [0.5, 0.6) is 5.75 Å². The van der Waals surface area contributed by atoms with E-state index >= 15 is 0 Å². The van der Waals surface area contributed by atoms with Crippen molar-refractivity contribution in [2.24, 2.45) is 0 Å². The maximum absolute atomic E-state index is 14.6. The van der Waals surface area contributed by atoms with Crippen LogP contribution < -0.4 is 19.7 Å². The molecular weight excluding hydrogens is 649 g/mol. The minimum atomic E-state index is -4.45. The van der Waals surface area contributed by atoms with Crippen molar-refractivity contribution in [2.45, 2.75) is 43.8 Å². The second-order valence-corrected chi connectivity index (χ2v) is 12.9. The van der Waals surface area contributed by atoms with Crippen molar-refractivity contribution < 1.29 is 41.0 Å². The molecule has 0 bridgehead atoms. The number of halogens is 4. The van der Waals surface area contributed by atoms with Crippen LogP contribution in [0.3, 0.4) is 0 Å². The highest BCUT2D eigenvalue weighted by Gasteiger charge is 2.47. The monoisotopic (exact) mass is 682 g/mol. The van der Waals surface area contributed by atoms with Gasteiger partial charge in [-0.1, -0.05) is 48.0 Å². The minimum Gasteiger partial charge on any atom is -0.497 e. The Labute approximate surface area is 270 Å². The smallest absolute Gasteiger partial charge is 0.280 e. The number of hydrogen-bond donors (Lipinski definition) is 3. The summed E-state index contributed by atoms with van der Waals surface area (Å²) in [4.78, 5) is 29.2. The molecule has 2 amide bonds. The van der Waals surface area contributed by atoms with Gasteiger partial charge in [0.2, 0.25) is 11.8 Å². The number of hydrogen-bond acceptors (Lipinski definition) is 6. The Hall–Kier alpha value is -3.69. The fraction of sp³-hybridized carbons (Fsp3) is 0.355. The largest absolute Gasteiger partial charge is 0.497 e. The van der Waals surface area contributed by atoms with Crippen LogP contribution in [0.1, 0.15) is 43.0 Å². The molecule has 0 aromatic heterocycles. The van der Waals surface area contributed by atoms with Crippen molar-refractivity contribution in [3.63, 3.8) is 0 Å². The van der Waals surface area contributed by atoms with Crippen LogP contribution >= 0.6 is 11.6 Å². The van der Waals surface area contributed by atoms with E-state index in [1.54, 1.807) is 36.4 Å². The van der Waals surface area contributed by atoms with Crippen molar-refractivity contribution in [1.82, 2.24) is 14.3 Å². The van der Waals surface area contributed by atoms with Gasteiger partial charge in [-0.3, -0.25) is 14.5 Å². The summed E-state index contributed by atoms with van der Waals surface area (Å²) in [6.45, 7) is -0.204. The number of nitrogens with zero attached hydrogens (tertiary/aromatic N) is 2. The van der Waals surface area contributed by atoms with Gasteiger partial charge in [0.15, 0.2) is 0 Å². The summed E-state index contributed by atoms with van der Waals surface area (Å²) in [5.74, 6) is -5.03. The lowest BCUT2D eigenvalue weighted by molar-refractivity contribution is -0.132. The van der Waals surface area contributed by atoms with Gasteiger partial charge in [-0.25, -0.2) is 13.2 Å². The third-order valence-corrected chi connectivity index (χ3v) is 9.50. The molecule has 248 valence electrons. The van der Waals surface area contributed by atoms with E-state index in [-0.39, 0.29) is 22.8 Å². The highest BCUT2D eigenvalue weighted by atomic mass is 35.5. The molecule has 0 heterocycles.